The van der Waals surface area contributed by atoms with Gasteiger partial charge in [-0.05, 0) is 230 Å². The number of hydrogen-bond donors (Lipinski definition) is 0. The van der Waals surface area contributed by atoms with Gasteiger partial charge in [-0.1, -0.05) is 192 Å². The van der Waals surface area contributed by atoms with Gasteiger partial charge in [0.15, 0.2) is 0 Å². The Balaban J connectivity index is 1.02. The maximum Gasteiger partial charge on any atom is 0.118 e. The Bertz CT molecular complexity index is 4970. The van der Waals surface area contributed by atoms with Crippen molar-refractivity contribution in [3.05, 3.63) is 350 Å². The largest absolute Gasteiger partial charge is 0.497 e. The quantitative estimate of drug-likeness (QED) is 0.0700. The van der Waals surface area contributed by atoms with E-state index in [0.717, 1.165) is 168 Å². The lowest BCUT2D eigenvalue weighted by Crippen LogP contribution is -2.16. The topological polar surface area (TPSA) is 49.9 Å². The van der Waals surface area contributed by atoms with Crippen LogP contribution in [0.2, 0.25) is 0 Å². The van der Waals surface area contributed by atoms with Crippen molar-refractivity contribution in [3.63, 3.8) is 0 Å². The summed E-state index contributed by atoms with van der Waals surface area (Å²) in [5.74, 6) is 3.27. The van der Waals surface area contributed by atoms with Crippen LogP contribution in [0.15, 0.2) is 328 Å². The van der Waals surface area contributed by atoms with E-state index in [0.29, 0.717) is 0 Å². The van der Waals surface area contributed by atoms with Crippen LogP contribution in [0.25, 0.3) is 76.8 Å². The first-order chi connectivity index (χ1) is 51.0. The van der Waals surface area contributed by atoms with Crippen LogP contribution in [0.4, 0.5) is 68.2 Å². The van der Waals surface area contributed by atoms with Crippen molar-refractivity contribution in [2.24, 2.45) is 0 Å². The summed E-state index contributed by atoms with van der Waals surface area (Å²) >= 11 is 0. The van der Waals surface area contributed by atoms with Crippen molar-refractivity contribution in [2.45, 2.75) is 27.7 Å². The lowest BCUT2D eigenvalue weighted by atomic mass is 9.89. The molecule has 0 atom stereocenters. The summed E-state index contributed by atoms with van der Waals surface area (Å²) in [5.41, 5.74) is 25.6. The molecular weight excluding hydrogens is 1270 g/mol. The molecule has 0 amide bonds. The van der Waals surface area contributed by atoms with E-state index in [1.54, 1.807) is 28.4 Å². The Labute approximate surface area is 609 Å². The standard InChI is InChI=1S/C96H78N4O4/c1-63-9-33-75(34-10-63)97(79-41-17-67(18-42-79)71-25-49-83(101-5)50-26-71)91-61-92(98(76-35-11-64(2)12-36-76)80-43-19-68(20-44-80)72-27-51-84(102-6)52-28-72)88-59-60-90-94(100(78-39-15-66(4)16-40-78)82-47-23-70(24-48-82)74-31-55-86(104-8)56-32-74)62-93(89-58-57-87(91)95(88)96(89)90)99(77-37-13-65(3)14-38-77)81-45-21-69(22-46-81)73-29-53-85(103-7)54-30-73/h9-62H,1-8H3. The summed E-state index contributed by atoms with van der Waals surface area (Å²) < 4.78 is 22.4. The predicted molar refractivity (Wildman–Crippen MR) is 436 cm³/mol. The Hall–Kier alpha value is -13.0. The highest BCUT2D eigenvalue weighted by Gasteiger charge is 2.30. The summed E-state index contributed by atoms with van der Waals surface area (Å²) in [6.07, 6.45) is 0. The second-order valence-electron chi connectivity index (χ2n) is 26.7. The third kappa shape index (κ3) is 12.7. The fourth-order valence-corrected chi connectivity index (χ4v) is 14.5. The molecular formula is C96H78N4O4. The molecule has 0 spiro atoms. The Morgan fingerprint density at radius 3 is 0.471 bits per heavy atom. The Morgan fingerprint density at radius 1 is 0.173 bits per heavy atom. The van der Waals surface area contributed by atoms with Gasteiger partial charge in [0, 0.05) is 77.8 Å². The van der Waals surface area contributed by atoms with Crippen molar-refractivity contribution in [1.82, 2.24) is 0 Å². The number of anilines is 12. The Kier molecular flexibility index (Phi) is 17.8. The molecule has 8 nitrogen and oxygen atoms in total. The highest BCUT2D eigenvalue weighted by molar-refractivity contribution is 6.33. The van der Waals surface area contributed by atoms with Crippen molar-refractivity contribution in [1.29, 1.82) is 0 Å². The Morgan fingerprint density at radius 2 is 0.317 bits per heavy atom. The zero-order valence-electron chi connectivity index (χ0n) is 59.6. The molecule has 0 aromatic heterocycles. The van der Waals surface area contributed by atoms with Gasteiger partial charge in [-0.25, -0.2) is 0 Å². The highest BCUT2D eigenvalue weighted by Crippen LogP contribution is 2.56. The van der Waals surface area contributed by atoms with Crippen molar-refractivity contribution < 1.29 is 18.9 Å². The number of ether oxygens (including phenoxy) is 4. The van der Waals surface area contributed by atoms with E-state index in [4.69, 9.17) is 18.9 Å². The number of aryl methyl sites for hydroxylation is 4. The summed E-state index contributed by atoms with van der Waals surface area (Å²) in [5, 5.41) is 6.57. The van der Waals surface area contributed by atoms with Gasteiger partial charge in [0.05, 0.1) is 51.2 Å². The molecule has 0 aliphatic carbocycles. The van der Waals surface area contributed by atoms with Crippen molar-refractivity contribution in [3.8, 4) is 67.5 Å². The third-order valence-electron chi connectivity index (χ3n) is 20.1. The van der Waals surface area contributed by atoms with Gasteiger partial charge in [-0.15, -0.1) is 0 Å². The van der Waals surface area contributed by atoms with Crippen LogP contribution in [0.1, 0.15) is 22.3 Å². The fourth-order valence-electron chi connectivity index (χ4n) is 14.5. The molecule has 16 aromatic rings. The number of benzene rings is 16. The lowest BCUT2D eigenvalue weighted by molar-refractivity contribution is 0.415. The van der Waals surface area contributed by atoms with E-state index < -0.39 is 0 Å². The molecule has 0 saturated carbocycles. The minimum absolute atomic E-state index is 0.817. The van der Waals surface area contributed by atoms with Gasteiger partial charge in [0.25, 0.3) is 0 Å². The number of hydrogen-bond acceptors (Lipinski definition) is 8. The van der Waals surface area contributed by atoms with E-state index in [1.165, 1.54) is 22.3 Å². The maximum absolute atomic E-state index is 5.61. The molecule has 0 fully saturated rings. The predicted octanol–water partition coefficient (Wildman–Crippen LogP) is 26.4. The van der Waals surface area contributed by atoms with Crippen LogP contribution in [-0.2, 0) is 0 Å². The smallest absolute Gasteiger partial charge is 0.118 e. The number of nitrogens with zero attached hydrogens (tertiary/aromatic N) is 4. The van der Waals surface area contributed by atoms with Crippen LogP contribution >= 0.6 is 0 Å². The monoisotopic (exact) mass is 1350 g/mol. The molecule has 506 valence electrons. The molecule has 0 radical (unpaired) electrons. The van der Waals surface area contributed by atoms with Crippen LogP contribution in [0, 0.1) is 27.7 Å². The van der Waals surface area contributed by atoms with Crippen LogP contribution < -0.4 is 38.5 Å². The lowest BCUT2D eigenvalue weighted by Gasteiger charge is -2.34. The zero-order valence-corrected chi connectivity index (χ0v) is 59.6. The number of rotatable bonds is 20. The molecule has 0 saturated heterocycles. The zero-order chi connectivity index (χ0) is 71.0. The van der Waals surface area contributed by atoms with Gasteiger partial charge in [0.2, 0.25) is 0 Å². The van der Waals surface area contributed by atoms with Gasteiger partial charge < -0.3 is 38.5 Å². The highest BCUT2D eigenvalue weighted by atomic mass is 16.5. The molecule has 0 heterocycles. The fraction of sp³-hybridized carbons (Fsp3) is 0.0833. The molecule has 0 N–H and O–H groups in total. The average molecular weight is 1350 g/mol. The minimum atomic E-state index is 0.817. The summed E-state index contributed by atoms with van der Waals surface area (Å²) in [6.45, 7) is 8.63. The van der Waals surface area contributed by atoms with E-state index >= 15 is 0 Å². The van der Waals surface area contributed by atoms with E-state index in [9.17, 15) is 0 Å². The first-order valence-corrected chi connectivity index (χ1v) is 35.2. The molecule has 0 aliphatic rings. The van der Waals surface area contributed by atoms with Gasteiger partial charge in [-0.3, -0.25) is 0 Å². The summed E-state index contributed by atoms with van der Waals surface area (Å²) in [4.78, 5) is 9.84. The minimum Gasteiger partial charge on any atom is -0.497 e. The first kappa shape index (κ1) is 65.6. The van der Waals surface area contributed by atoms with E-state index in [1.807, 2.05) is 48.5 Å². The molecule has 0 aliphatic heterocycles. The normalized spacial score (nSPS) is 11.3. The second-order valence-corrected chi connectivity index (χ2v) is 26.7. The molecule has 0 bridgehead atoms. The average Bonchev–Trinajstić information content (AvgIpc) is 0.700. The molecule has 16 rings (SSSR count). The third-order valence-corrected chi connectivity index (χ3v) is 20.1. The molecule has 104 heavy (non-hydrogen) atoms. The SMILES string of the molecule is COc1ccc(-c2ccc(N(c3ccc(C)cc3)c3cc(N(c4ccc(C)cc4)c4ccc(-c5ccc(OC)cc5)cc4)c4ccc5c(N(c6ccc(C)cc6)c6ccc(-c7ccc(OC)cc7)cc6)cc(N(c6ccc(C)cc6)c6ccc(-c7ccc(OC)cc7)cc6)c6ccc3c4c65)cc2)cc1. The first-order valence-electron chi connectivity index (χ1n) is 35.2. The van der Waals surface area contributed by atoms with Crippen molar-refractivity contribution >= 4 is 101 Å². The van der Waals surface area contributed by atoms with E-state index in [-0.39, 0.29) is 0 Å². The van der Waals surface area contributed by atoms with Crippen LogP contribution in [0.3, 0.4) is 0 Å². The van der Waals surface area contributed by atoms with Gasteiger partial charge >= 0.3 is 0 Å². The summed E-state index contributed by atoms with van der Waals surface area (Å²) in [6, 6.07) is 119. The van der Waals surface area contributed by atoms with Crippen LogP contribution in [-0.4, -0.2) is 28.4 Å². The molecule has 16 aromatic carbocycles. The second kappa shape index (κ2) is 28.2. The molecule has 8 heteroatoms. The maximum atomic E-state index is 5.61. The van der Waals surface area contributed by atoms with Crippen molar-refractivity contribution in [2.75, 3.05) is 48.0 Å². The van der Waals surface area contributed by atoms with Gasteiger partial charge in [0.1, 0.15) is 23.0 Å². The number of methoxy groups -OCH3 is 4. The summed E-state index contributed by atoms with van der Waals surface area (Å²) in [7, 11) is 6.83. The van der Waals surface area contributed by atoms with Gasteiger partial charge in [-0.2, -0.15) is 0 Å². The molecule has 0 unspecified atom stereocenters. The van der Waals surface area contributed by atoms with Crippen LogP contribution in [0.5, 0.6) is 23.0 Å². The van der Waals surface area contributed by atoms with E-state index in [2.05, 4.69) is 326 Å².